The number of benzene rings is 1. The van der Waals surface area contributed by atoms with E-state index in [4.69, 9.17) is 9.47 Å². The van der Waals surface area contributed by atoms with Crippen molar-refractivity contribution in [3.05, 3.63) is 22.8 Å². The zero-order chi connectivity index (χ0) is 15.6. The van der Waals surface area contributed by atoms with E-state index in [2.05, 4.69) is 0 Å². The van der Waals surface area contributed by atoms with Crippen molar-refractivity contribution in [3.63, 3.8) is 0 Å². The predicted octanol–water partition coefficient (Wildman–Crippen LogP) is 3.61. The van der Waals surface area contributed by atoms with E-state index >= 15 is 0 Å². The molecule has 2 rings (SSSR count). The molecule has 1 aliphatic carbocycles. The predicted molar refractivity (Wildman–Crippen MR) is 81.4 cm³/mol. The lowest BCUT2D eigenvalue weighted by molar-refractivity contribution is -0.145. The second-order valence-electron chi connectivity index (χ2n) is 5.88. The van der Waals surface area contributed by atoms with Crippen LogP contribution in [0.25, 0.3) is 0 Å². The van der Waals surface area contributed by atoms with Crippen molar-refractivity contribution in [2.75, 3.05) is 14.2 Å². The Morgan fingerprint density at radius 2 is 1.76 bits per heavy atom. The molecule has 1 N–H and O–H groups in total. The number of ether oxygens (including phenoxy) is 2. The van der Waals surface area contributed by atoms with Gasteiger partial charge in [0.1, 0.15) is 0 Å². The van der Waals surface area contributed by atoms with Gasteiger partial charge in [-0.2, -0.15) is 0 Å². The lowest BCUT2D eigenvalue weighted by atomic mass is 9.67. The Bertz CT molecular complexity index is 542. The zero-order valence-corrected chi connectivity index (χ0v) is 13.3. The van der Waals surface area contributed by atoms with E-state index in [-0.39, 0.29) is 0 Å². The highest BCUT2D eigenvalue weighted by Crippen LogP contribution is 2.47. The normalized spacial score (nSPS) is 17.3. The van der Waals surface area contributed by atoms with Gasteiger partial charge in [0, 0.05) is 0 Å². The van der Waals surface area contributed by atoms with Gasteiger partial charge in [0.15, 0.2) is 11.5 Å². The van der Waals surface area contributed by atoms with Gasteiger partial charge in [0.05, 0.1) is 19.6 Å². The molecule has 0 unspecified atom stereocenters. The average Bonchev–Trinajstić information content (AvgIpc) is 2.47. The third-order valence-corrected chi connectivity index (χ3v) is 4.70. The molecule has 4 nitrogen and oxygen atoms in total. The number of hydrogen-bond donors (Lipinski definition) is 1. The Hall–Kier alpha value is -1.71. The van der Waals surface area contributed by atoms with Crippen LogP contribution in [0.15, 0.2) is 6.07 Å². The molecule has 0 aromatic heterocycles. The minimum absolute atomic E-state index is 0.643. The number of rotatable bonds is 4. The van der Waals surface area contributed by atoms with Crippen molar-refractivity contribution >= 4 is 5.97 Å². The maximum absolute atomic E-state index is 12.1. The Balaban J connectivity index is 2.69. The van der Waals surface area contributed by atoms with Crippen molar-refractivity contribution in [1.29, 1.82) is 0 Å². The average molecular weight is 292 g/mol. The number of carbonyl (C=O) groups is 1. The Morgan fingerprint density at radius 1 is 1.14 bits per heavy atom. The van der Waals surface area contributed by atoms with Crippen molar-refractivity contribution in [1.82, 2.24) is 0 Å². The SMILES string of the molecule is COc1cc(C)c(C2(C(=O)O)CCCCC2)c(C)c1OC. The van der Waals surface area contributed by atoms with E-state index < -0.39 is 11.4 Å². The van der Waals surface area contributed by atoms with Crippen LogP contribution in [0.2, 0.25) is 0 Å². The first-order valence-corrected chi connectivity index (χ1v) is 7.44. The van der Waals surface area contributed by atoms with Gasteiger partial charge in [-0.1, -0.05) is 19.3 Å². The van der Waals surface area contributed by atoms with Crippen molar-refractivity contribution < 1.29 is 19.4 Å². The first-order valence-electron chi connectivity index (χ1n) is 7.44. The van der Waals surface area contributed by atoms with E-state index in [9.17, 15) is 9.90 Å². The van der Waals surface area contributed by atoms with Crippen LogP contribution in [-0.4, -0.2) is 25.3 Å². The largest absolute Gasteiger partial charge is 0.493 e. The Labute approximate surface area is 126 Å². The van der Waals surface area contributed by atoms with Crippen LogP contribution < -0.4 is 9.47 Å². The van der Waals surface area contributed by atoms with Gasteiger partial charge in [0.2, 0.25) is 0 Å². The van der Waals surface area contributed by atoms with E-state index in [0.29, 0.717) is 24.3 Å². The molecule has 0 atom stereocenters. The van der Waals surface area contributed by atoms with Gasteiger partial charge >= 0.3 is 5.97 Å². The highest BCUT2D eigenvalue weighted by atomic mass is 16.5. The fraction of sp³-hybridized carbons (Fsp3) is 0.588. The van der Waals surface area contributed by atoms with Crippen molar-refractivity contribution in [3.8, 4) is 11.5 Å². The Morgan fingerprint density at radius 3 is 2.24 bits per heavy atom. The fourth-order valence-electron chi connectivity index (χ4n) is 3.80. The van der Waals surface area contributed by atoms with Crippen LogP contribution in [0.4, 0.5) is 0 Å². The van der Waals surface area contributed by atoms with E-state index in [1.54, 1.807) is 14.2 Å². The van der Waals surface area contributed by atoms with E-state index in [1.807, 2.05) is 19.9 Å². The molecule has 0 amide bonds. The van der Waals surface area contributed by atoms with Crippen LogP contribution in [0.3, 0.4) is 0 Å². The molecular weight excluding hydrogens is 268 g/mol. The molecule has 0 spiro atoms. The molecule has 1 aliphatic rings. The third kappa shape index (κ3) is 2.47. The summed E-state index contributed by atoms with van der Waals surface area (Å²) < 4.78 is 10.8. The molecule has 0 radical (unpaired) electrons. The van der Waals surface area contributed by atoms with Crippen molar-refractivity contribution in [2.24, 2.45) is 0 Å². The molecule has 0 saturated heterocycles. The summed E-state index contributed by atoms with van der Waals surface area (Å²) in [4.78, 5) is 12.1. The van der Waals surface area contributed by atoms with Crippen LogP contribution in [0.5, 0.6) is 11.5 Å². The van der Waals surface area contributed by atoms with Gasteiger partial charge in [0.25, 0.3) is 0 Å². The van der Waals surface area contributed by atoms with Gasteiger partial charge in [-0.3, -0.25) is 4.79 Å². The molecule has 1 fully saturated rings. The molecular formula is C17H24O4. The summed E-state index contributed by atoms with van der Waals surface area (Å²) >= 11 is 0. The summed E-state index contributed by atoms with van der Waals surface area (Å²) in [6, 6.07) is 1.89. The second-order valence-corrected chi connectivity index (χ2v) is 5.88. The lowest BCUT2D eigenvalue weighted by Gasteiger charge is -2.36. The molecule has 0 bridgehead atoms. The Kier molecular flexibility index (Phi) is 4.45. The summed E-state index contributed by atoms with van der Waals surface area (Å²) in [5.74, 6) is 0.581. The van der Waals surface area contributed by atoms with Gasteiger partial charge in [-0.05, 0) is 49.4 Å². The number of carboxylic acid groups (broad SMARTS) is 1. The maximum Gasteiger partial charge on any atom is 0.314 e. The number of methoxy groups -OCH3 is 2. The van der Waals surface area contributed by atoms with Crippen molar-refractivity contribution in [2.45, 2.75) is 51.4 Å². The highest BCUT2D eigenvalue weighted by molar-refractivity contribution is 5.83. The van der Waals surface area contributed by atoms with Crippen LogP contribution in [0, 0.1) is 13.8 Å². The molecule has 1 saturated carbocycles. The number of hydrogen-bond acceptors (Lipinski definition) is 3. The number of aliphatic carboxylic acids is 1. The van der Waals surface area contributed by atoms with Crippen LogP contribution >= 0.6 is 0 Å². The first kappa shape index (κ1) is 15.7. The zero-order valence-electron chi connectivity index (χ0n) is 13.3. The monoisotopic (exact) mass is 292 g/mol. The minimum atomic E-state index is -0.786. The molecule has 0 heterocycles. The van der Waals surface area contributed by atoms with E-state index in [1.165, 1.54) is 0 Å². The number of aryl methyl sites for hydroxylation is 1. The van der Waals surface area contributed by atoms with Gasteiger partial charge < -0.3 is 14.6 Å². The molecule has 0 aliphatic heterocycles. The summed E-state index contributed by atoms with van der Waals surface area (Å²) in [6.07, 6.45) is 4.42. The maximum atomic E-state index is 12.1. The number of carboxylic acids is 1. The first-order chi connectivity index (χ1) is 9.97. The highest BCUT2D eigenvalue weighted by Gasteiger charge is 2.44. The van der Waals surface area contributed by atoms with Gasteiger partial charge in [-0.25, -0.2) is 0 Å². The quantitative estimate of drug-likeness (QED) is 0.921. The van der Waals surface area contributed by atoms with Gasteiger partial charge in [-0.15, -0.1) is 0 Å². The topological polar surface area (TPSA) is 55.8 Å². The van der Waals surface area contributed by atoms with Crippen LogP contribution in [-0.2, 0) is 10.2 Å². The fourth-order valence-corrected chi connectivity index (χ4v) is 3.80. The molecule has 1 aromatic carbocycles. The molecule has 1 aromatic rings. The molecule has 4 heteroatoms. The van der Waals surface area contributed by atoms with Crippen LogP contribution in [0.1, 0.15) is 48.8 Å². The smallest absolute Gasteiger partial charge is 0.314 e. The summed E-state index contributed by atoms with van der Waals surface area (Å²) in [5.41, 5.74) is 1.98. The standard InChI is InChI=1S/C17H24O4/c1-11-10-13(20-3)15(21-4)12(2)14(11)17(16(18)19)8-6-5-7-9-17/h10H,5-9H2,1-4H3,(H,18,19). The minimum Gasteiger partial charge on any atom is -0.493 e. The molecule has 21 heavy (non-hydrogen) atoms. The summed E-state index contributed by atoms with van der Waals surface area (Å²) in [6.45, 7) is 3.90. The third-order valence-electron chi connectivity index (χ3n) is 4.70. The summed E-state index contributed by atoms with van der Waals surface area (Å²) in [7, 11) is 3.20. The lowest BCUT2D eigenvalue weighted by Crippen LogP contribution is -2.39. The van der Waals surface area contributed by atoms with E-state index in [0.717, 1.165) is 36.0 Å². The summed E-state index contributed by atoms with van der Waals surface area (Å²) in [5, 5.41) is 9.91. The molecule has 116 valence electrons. The second kappa shape index (κ2) is 5.96.